The van der Waals surface area contributed by atoms with Gasteiger partial charge in [-0.2, -0.15) is 5.10 Å². The number of fused-ring (bicyclic) bond motifs is 1. The number of hydrogen-bond acceptors (Lipinski definition) is 6. The minimum atomic E-state index is -0.459. The summed E-state index contributed by atoms with van der Waals surface area (Å²) < 4.78 is 23.7. The molecule has 34 heavy (non-hydrogen) atoms. The van der Waals surface area contributed by atoms with Crippen LogP contribution in [0.5, 0.6) is 0 Å². The number of pyridine rings is 1. The molecule has 0 aliphatic heterocycles. The van der Waals surface area contributed by atoms with Gasteiger partial charge in [-0.1, -0.05) is 23.7 Å². The maximum atomic E-state index is 15.1. The highest BCUT2D eigenvalue weighted by Gasteiger charge is 2.22. The fraction of sp³-hybridized carbons (Fsp3) is 0.174. The minimum Gasteiger partial charge on any atom is -0.424 e. The molecule has 0 fully saturated rings. The van der Waals surface area contributed by atoms with E-state index in [-0.39, 0.29) is 28.9 Å². The Bertz CT molecular complexity index is 1550. The van der Waals surface area contributed by atoms with Crippen molar-refractivity contribution in [2.45, 2.75) is 20.4 Å². The van der Waals surface area contributed by atoms with Crippen molar-refractivity contribution in [3.05, 3.63) is 76.7 Å². The lowest BCUT2D eigenvalue weighted by Crippen LogP contribution is -2.23. The van der Waals surface area contributed by atoms with Crippen LogP contribution in [0.25, 0.3) is 28.0 Å². The van der Waals surface area contributed by atoms with Crippen LogP contribution >= 0.6 is 11.6 Å². The van der Waals surface area contributed by atoms with E-state index in [9.17, 15) is 4.79 Å². The van der Waals surface area contributed by atoms with Crippen LogP contribution in [0.1, 0.15) is 27.8 Å². The second-order valence-corrected chi connectivity index (χ2v) is 8.11. The number of carbonyl (C=O) groups excluding carboxylic acids is 1. The molecule has 1 amide bonds. The first-order valence-corrected chi connectivity index (χ1v) is 10.7. The number of hydrogen-bond donors (Lipinski definition) is 1. The molecule has 0 unspecified atom stereocenters. The third-order valence-electron chi connectivity index (χ3n) is 5.35. The Morgan fingerprint density at radius 1 is 1.21 bits per heavy atom. The maximum Gasteiger partial charge on any atom is 0.251 e. The predicted octanol–water partition coefficient (Wildman–Crippen LogP) is 4.12. The topological polar surface area (TPSA) is 103 Å². The van der Waals surface area contributed by atoms with Crippen molar-refractivity contribution >= 4 is 23.2 Å². The zero-order valence-corrected chi connectivity index (χ0v) is 19.3. The van der Waals surface area contributed by atoms with E-state index in [1.54, 1.807) is 53.5 Å². The number of aryl methyl sites for hydroxylation is 3. The summed E-state index contributed by atoms with van der Waals surface area (Å²) in [6.45, 7) is 3.62. The van der Waals surface area contributed by atoms with Crippen molar-refractivity contribution < 1.29 is 13.6 Å². The fourth-order valence-corrected chi connectivity index (χ4v) is 4.12. The summed E-state index contributed by atoms with van der Waals surface area (Å²) in [5.74, 6) is -0.0921. The van der Waals surface area contributed by atoms with E-state index in [0.717, 1.165) is 11.3 Å². The molecule has 9 nitrogen and oxygen atoms in total. The number of amides is 1. The molecule has 0 spiro atoms. The first kappa shape index (κ1) is 21.8. The lowest BCUT2D eigenvalue weighted by molar-refractivity contribution is 0.0947. The van der Waals surface area contributed by atoms with E-state index in [4.69, 9.17) is 16.0 Å². The molecule has 1 N–H and O–H groups in total. The van der Waals surface area contributed by atoms with Crippen LogP contribution in [0, 0.1) is 19.7 Å². The molecule has 0 saturated heterocycles. The Morgan fingerprint density at radius 3 is 2.74 bits per heavy atom. The van der Waals surface area contributed by atoms with Crippen molar-refractivity contribution in [1.29, 1.82) is 0 Å². The molecule has 4 aromatic heterocycles. The van der Waals surface area contributed by atoms with Crippen molar-refractivity contribution in [3.8, 4) is 22.4 Å². The van der Waals surface area contributed by atoms with Crippen LogP contribution in [-0.4, -0.2) is 35.3 Å². The van der Waals surface area contributed by atoms with Gasteiger partial charge in [-0.25, -0.2) is 9.37 Å². The van der Waals surface area contributed by atoms with E-state index in [1.807, 2.05) is 13.1 Å². The normalized spacial score (nSPS) is 11.3. The number of rotatable bonds is 5. The van der Waals surface area contributed by atoms with E-state index in [1.165, 1.54) is 6.07 Å². The Morgan fingerprint density at radius 2 is 2.03 bits per heavy atom. The highest BCUT2D eigenvalue weighted by Crippen LogP contribution is 2.38. The zero-order valence-electron chi connectivity index (χ0n) is 18.5. The average Bonchev–Trinajstić information content (AvgIpc) is 3.48. The molecule has 11 heteroatoms. The molecule has 0 atom stereocenters. The summed E-state index contributed by atoms with van der Waals surface area (Å²) in [5, 5.41) is 14.9. The van der Waals surface area contributed by atoms with Crippen LogP contribution in [-0.2, 0) is 13.6 Å². The number of imidazole rings is 1. The standard InChI is InChI=1S/C23H19ClFN7O2/c1-12-16(11-31(3)30-12)15-5-4-6-17(25)20(15)21-22(24)32-8-7-14(9-18(32)27-21)23(33)26-10-19-29-28-13(2)34-19/h4-9,11H,10H2,1-3H3,(H,26,33). The number of halogens is 2. The van der Waals surface area contributed by atoms with Crippen LogP contribution in [0.4, 0.5) is 4.39 Å². The first-order chi connectivity index (χ1) is 16.3. The van der Waals surface area contributed by atoms with Gasteiger partial charge in [0.15, 0.2) is 0 Å². The SMILES string of the molecule is Cc1nnc(CNC(=O)c2ccn3c(Cl)c(-c4c(F)cccc4-c4cn(C)nc4C)nc3c2)o1. The van der Waals surface area contributed by atoms with Crippen LogP contribution in [0.3, 0.4) is 0 Å². The summed E-state index contributed by atoms with van der Waals surface area (Å²) in [5.41, 5.74) is 3.46. The van der Waals surface area contributed by atoms with Gasteiger partial charge >= 0.3 is 0 Å². The van der Waals surface area contributed by atoms with Crippen LogP contribution in [0.15, 0.2) is 47.1 Å². The number of benzene rings is 1. The van der Waals surface area contributed by atoms with Gasteiger partial charge in [-0.05, 0) is 30.7 Å². The van der Waals surface area contributed by atoms with E-state index >= 15 is 4.39 Å². The summed E-state index contributed by atoms with van der Waals surface area (Å²) in [4.78, 5) is 17.2. The summed E-state index contributed by atoms with van der Waals surface area (Å²) >= 11 is 6.63. The second-order valence-electron chi connectivity index (χ2n) is 7.76. The molecule has 0 radical (unpaired) electrons. The molecule has 4 heterocycles. The molecule has 172 valence electrons. The van der Waals surface area contributed by atoms with E-state index in [2.05, 4.69) is 25.6 Å². The molecule has 0 aliphatic rings. The predicted molar refractivity (Wildman–Crippen MR) is 123 cm³/mol. The van der Waals surface area contributed by atoms with Gasteiger partial charge in [0, 0.05) is 43.1 Å². The maximum absolute atomic E-state index is 15.1. The molecule has 5 rings (SSSR count). The van der Waals surface area contributed by atoms with Gasteiger partial charge in [0.1, 0.15) is 22.3 Å². The number of aromatic nitrogens is 6. The average molecular weight is 480 g/mol. The number of nitrogens with zero attached hydrogens (tertiary/aromatic N) is 6. The highest BCUT2D eigenvalue weighted by atomic mass is 35.5. The number of nitrogens with one attached hydrogen (secondary N) is 1. The Labute approximate surface area is 198 Å². The Balaban J connectivity index is 1.53. The van der Waals surface area contributed by atoms with E-state index < -0.39 is 5.82 Å². The Hall–Kier alpha value is -4.05. The van der Waals surface area contributed by atoms with Gasteiger partial charge in [0.2, 0.25) is 11.8 Å². The van der Waals surface area contributed by atoms with Crippen molar-refractivity contribution in [3.63, 3.8) is 0 Å². The van der Waals surface area contributed by atoms with Gasteiger partial charge in [-0.15, -0.1) is 10.2 Å². The molecule has 1 aromatic carbocycles. The fourth-order valence-electron chi connectivity index (χ4n) is 3.84. The summed E-state index contributed by atoms with van der Waals surface area (Å²) in [7, 11) is 1.81. The van der Waals surface area contributed by atoms with Crippen molar-refractivity contribution in [1.82, 2.24) is 34.7 Å². The van der Waals surface area contributed by atoms with Gasteiger partial charge in [0.05, 0.1) is 12.2 Å². The monoisotopic (exact) mass is 479 g/mol. The quantitative estimate of drug-likeness (QED) is 0.406. The van der Waals surface area contributed by atoms with Crippen molar-refractivity contribution in [2.75, 3.05) is 0 Å². The molecular weight excluding hydrogens is 461 g/mol. The lowest BCUT2D eigenvalue weighted by atomic mass is 9.98. The molecule has 0 bridgehead atoms. The summed E-state index contributed by atoms with van der Waals surface area (Å²) in [6, 6.07) is 7.99. The smallest absolute Gasteiger partial charge is 0.251 e. The number of carbonyl (C=O) groups is 1. The zero-order chi connectivity index (χ0) is 24.0. The van der Waals surface area contributed by atoms with Crippen LogP contribution < -0.4 is 5.32 Å². The largest absolute Gasteiger partial charge is 0.424 e. The first-order valence-electron chi connectivity index (χ1n) is 10.4. The minimum absolute atomic E-state index is 0.0916. The highest BCUT2D eigenvalue weighted by molar-refractivity contribution is 6.32. The molecule has 0 aliphatic carbocycles. The van der Waals surface area contributed by atoms with E-state index in [0.29, 0.717) is 28.6 Å². The molecule has 0 saturated carbocycles. The van der Waals surface area contributed by atoms with Crippen molar-refractivity contribution in [2.24, 2.45) is 7.05 Å². The van der Waals surface area contributed by atoms with Crippen LogP contribution in [0.2, 0.25) is 5.15 Å². The van der Waals surface area contributed by atoms with Gasteiger partial charge in [-0.3, -0.25) is 13.9 Å². The Kier molecular flexibility index (Phi) is 5.37. The molecular formula is C23H19ClFN7O2. The lowest BCUT2D eigenvalue weighted by Gasteiger charge is -2.08. The molecule has 5 aromatic rings. The summed E-state index contributed by atoms with van der Waals surface area (Å²) in [6.07, 6.45) is 3.44. The second kappa shape index (κ2) is 8.38. The van der Waals surface area contributed by atoms with Gasteiger partial charge < -0.3 is 9.73 Å². The third kappa shape index (κ3) is 3.81. The van der Waals surface area contributed by atoms with Gasteiger partial charge in [0.25, 0.3) is 5.91 Å². The third-order valence-corrected chi connectivity index (χ3v) is 5.71.